The average Bonchev–Trinajstić information content (AvgIpc) is 3.00. The third kappa shape index (κ3) is 5.83. The molecule has 2 aromatic rings. The van der Waals surface area contributed by atoms with E-state index in [2.05, 4.69) is 42.2 Å². The molecule has 0 spiro atoms. The second-order valence-corrected chi connectivity index (χ2v) is 8.18. The van der Waals surface area contributed by atoms with Gasteiger partial charge in [0.2, 0.25) is 0 Å². The summed E-state index contributed by atoms with van der Waals surface area (Å²) in [6.45, 7) is 6.81. The van der Waals surface area contributed by atoms with E-state index in [0.717, 1.165) is 41.6 Å². The van der Waals surface area contributed by atoms with Gasteiger partial charge in [0.25, 0.3) is 0 Å². The van der Waals surface area contributed by atoms with Gasteiger partial charge in [0.1, 0.15) is 17.0 Å². The number of aromatic nitrogens is 3. The van der Waals surface area contributed by atoms with Crippen molar-refractivity contribution in [3.05, 3.63) is 29.2 Å². The molecule has 0 aliphatic heterocycles. The Balaban J connectivity index is 0.000000701. The Morgan fingerprint density at radius 3 is 2.56 bits per heavy atom. The first-order valence-electron chi connectivity index (χ1n) is 8.72. The van der Waals surface area contributed by atoms with E-state index in [1.54, 1.807) is 17.7 Å². The summed E-state index contributed by atoms with van der Waals surface area (Å²) in [4.78, 5) is 29.9. The molecule has 0 aromatic carbocycles. The minimum absolute atomic E-state index is 0.250. The minimum atomic E-state index is 0.250. The summed E-state index contributed by atoms with van der Waals surface area (Å²) in [5.74, 6) is 0.862. The molecule has 1 aliphatic carbocycles. The number of thiazole rings is 1. The molecule has 134 valence electrons. The first-order valence-corrected chi connectivity index (χ1v) is 9.60. The molecule has 5 nitrogen and oxygen atoms in total. The summed E-state index contributed by atoms with van der Waals surface area (Å²) in [5, 5.41) is 3.23. The fourth-order valence-electron chi connectivity index (χ4n) is 2.74. The summed E-state index contributed by atoms with van der Waals surface area (Å²) < 4.78 is 0. The van der Waals surface area contributed by atoms with Crippen molar-refractivity contribution in [3.8, 4) is 10.7 Å². The van der Waals surface area contributed by atoms with Crippen LogP contribution in [0.15, 0.2) is 17.8 Å². The van der Waals surface area contributed by atoms with Gasteiger partial charge < -0.3 is 0 Å². The topological polar surface area (TPSA) is 72.8 Å². The lowest BCUT2D eigenvalue weighted by Crippen LogP contribution is -2.14. The van der Waals surface area contributed by atoms with Crippen LogP contribution in [0, 0.1) is 11.3 Å². The lowest BCUT2D eigenvalue weighted by Gasteiger charge is -2.24. The Bertz CT molecular complexity index is 717. The largest absolute Gasteiger partial charge is 0.373 e. The minimum Gasteiger partial charge on any atom is -0.241 e. The van der Waals surface area contributed by atoms with Crippen molar-refractivity contribution in [2.45, 2.75) is 59.3 Å². The fourth-order valence-corrected chi connectivity index (χ4v) is 3.54. The monoisotopic (exact) mass is 359 g/mol. The summed E-state index contributed by atoms with van der Waals surface area (Å²) in [6.07, 6.45) is 9.34. The van der Waals surface area contributed by atoms with Crippen LogP contribution in [0.4, 0.5) is 0 Å². The van der Waals surface area contributed by atoms with Gasteiger partial charge in [-0.2, -0.15) is 9.59 Å². The predicted molar refractivity (Wildman–Crippen MR) is 97.0 cm³/mol. The summed E-state index contributed by atoms with van der Waals surface area (Å²) in [6, 6.07) is 2.11. The van der Waals surface area contributed by atoms with Gasteiger partial charge in [-0.15, -0.1) is 11.3 Å². The summed E-state index contributed by atoms with van der Waals surface area (Å²) >= 11 is 1.71. The van der Waals surface area contributed by atoms with Crippen molar-refractivity contribution < 1.29 is 9.59 Å². The van der Waals surface area contributed by atoms with Crippen molar-refractivity contribution in [2.24, 2.45) is 11.3 Å². The Kier molecular flexibility index (Phi) is 6.97. The lowest BCUT2D eigenvalue weighted by molar-refractivity contribution is -0.191. The normalized spacial score (nSPS) is 14.2. The third-order valence-corrected chi connectivity index (χ3v) is 5.75. The van der Waals surface area contributed by atoms with E-state index in [1.165, 1.54) is 25.0 Å². The molecule has 0 atom stereocenters. The molecule has 25 heavy (non-hydrogen) atoms. The van der Waals surface area contributed by atoms with Gasteiger partial charge in [0, 0.05) is 11.1 Å². The number of hydrogen-bond acceptors (Lipinski definition) is 6. The molecule has 0 unspecified atom stereocenters. The van der Waals surface area contributed by atoms with Crippen molar-refractivity contribution in [1.82, 2.24) is 15.0 Å². The Morgan fingerprint density at radius 2 is 1.96 bits per heavy atom. The zero-order valence-corrected chi connectivity index (χ0v) is 15.9. The molecular weight excluding hydrogens is 334 g/mol. The molecular formula is C19H25N3O2S. The van der Waals surface area contributed by atoms with Crippen molar-refractivity contribution >= 4 is 17.5 Å². The van der Waals surface area contributed by atoms with Gasteiger partial charge in [-0.25, -0.2) is 15.0 Å². The highest BCUT2D eigenvalue weighted by atomic mass is 32.1. The molecule has 0 amide bonds. The van der Waals surface area contributed by atoms with E-state index in [4.69, 9.17) is 14.6 Å². The smallest absolute Gasteiger partial charge is 0.241 e. The molecule has 1 saturated carbocycles. The maximum absolute atomic E-state index is 8.12. The average molecular weight is 359 g/mol. The van der Waals surface area contributed by atoms with E-state index in [9.17, 15) is 0 Å². The molecule has 0 saturated heterocycles. The second-order valence-electron chi connectivity index (χ2n) is 7.32. The highest BCUT2D eigenvalue weighted by Gasteiger charge is 2.20. The van der Waals surface area contributed by atoms with Crippen LogP contribution in [0.2, 0.25) is 0 Å². The summed E-state index contributed by atoms with van der Waals surface area (Å²) in [5.41, 5.74) is 3.61. The van der Waals surface area contributed by atoms with Crippen LogP contribution in [0.1, 0.15) is 57.8 Å². The fraction of sp³-hybridized carbons (Fsp3) is 0.579. The third-order valence-electron chi connectivity index (χ3n) is 4.83. The predicted octanol–water partition coefficient (Wildman–Crippen LogP) is 4.34. The Morgan fingerprint density at radius 1 is 1.24 bits per heavy atom. The Labute approximate surface area is 152 Å². The Hall–Kier alpha value is -1.91. The number of rotatable bonds is 6. The van der Waals surface area contributed by atoms with E-state index in [-0.39, 0.29) is 11.6 Å². The molecule has 1 aliphatic rings. The molecule has 2 heterocycles. The maximum atomic E-state index is 8.12. The van der Waals surface area contributed by atoms with Crippen molar-refractivity contribution in [1.29, 1.82) is 0 Å². The molecule has 0 N–H and O–H groups in total. The van der Waals surface area contributed by atoms with Crippen LogP contribution in [0.3, 0.4) is 0 Å². The quantitative estimate of drug-likeness (QED) is 0.767. The molecule has 2 aromatic heterocycles. The molecule has 0 radical (unpaired) electrons. The molecule has 3 rings (SSSR count). The second kappa shape index (κ2) is 8.97. The van der Waals surface area contributed by atoms with Crippen molar-refractivity contribution in [3.63, 3.8) is 0 Å². The van der Waals surface area contributed by atoms with E-state index >= 15 is 0 Å². The van der Waals surface area contributed by atoms with Crippen LogP contribution in [0.5, 0.6) is 0 Å². The first kappa shape index (κ1) is 19.4. The van der Waals surface area contributed by atoms with E-state index in [1.807, 2.05) is 0 Å². The summed E-state index contributed by atoms with van der Waals surface area (Å²) in [7, 11) is 0. The number of carbonyl (C=O) groups excluding carboxylic acids is 2. The van der Waals surface area contributed by atoms with Crippen molar-refractivity contribution in [2.75, 3.05) is 0 Å². The van der Waals surface area contributed by atoms with Crippen LogP contribution in [-0.4, -0.2) is 21.1 Å². The highest BCUT2D eigenvalue weighted by molar-refractivity contribution is 7.13. The highest BCUT2D eigenvalue weighted by Crippen LogP contribution is 2.32. The first-order chi connectivity index (χ1) is 12.0. The SMILES string of the molecule is CCC(C)(C)Cc1cc(-c2nc(CC3CCC3)cs2)ncn1.O=C=O. The van der Waals surface area contributed by atoms with Crippen LogP contribution in [0.25, 0.3) is 10.7 Å². The van der Waals surface area contributed by atoms with Crippen LogP contribution in [-0.2, 0) is 22.4 Å². The molecule has 6 heteroatoms. The van der Waals surface area contributed by atoms with Crippen LogP contribution >= 0.6 is 11.3 Å². The zero-order valence-electron chi connectivity index (χ0n) is 15.1. The zero-order chi connectivity index (χ0) is 18.3. The number of hydrogen-bond donors (Lipinski definition) is 0. The van der Waals surface area contributed by atoms with E-state index in [0.29, 0.717) is 0 Å². The van der Waals surface area contributed by atoms with Gasteiger partial charge in [-0.1, -0.05) is 46.5 Å². The molecule has 1 fully saturated rings. The van der Waals surface area contributed by atoms with Gasteiger partial charge in [0.05, 0.1) is 5.69 Å². The van der Waals surface area contributed by atoms with Gasteiger partial charge >= 0.3 is 6.15 Å². The van der Waals surface area contributed by atoms with Gasteiger partial charge in [0.15, 0.2) is 0 Å². The number of nitrogens with zero attached hydrogens (tertiary/aromatic N) is 3. The standard InChI is InChI=1S/C18H25N3S.CO2/c1-4-18(2,3)10-14-9-16(20-12-19-14)17-21-15(11-22-17)8-13-6-5-7-13;2-1-3/h9,11-13H,4-8,10H2,1-3H3;. The molecule has 0 bridgehead atoms. The lowest BCUT2D eigenvalue weighted by atomic mass is 9.82. The maximum Gasteiger partial charge on any atom is 0.373 e. The van der Waals surface area contributed by atoms with Gasteiger partial charge in [-0.3, -0.25) is 0 Å². The van der Waals surface area contributed by atoms with E-state index < -0.39 is 0 Å². The van der Waals surface area contributed by atoms with Crippen LogP contribution < -0.4 is 0 Å². The van der Waals surface area contributed by atoms with Gasteiger partial charge in [-0.05, 0) is 30.2 Å².